The summed E-state index contributed by atoms with van der Waals surface area (Å²) in [6.07, 6.45) is 2.44. The van der Waals surface area contributed by atoms with Crippen molar-refractivity contribution in [1.82, 2.24) is 10.6 Å². The zero-order valence-electron chi connectivity index (χ0n) is 14.4. The minimum Gasteiger partial charge on any atom is -0.480 e. The number of piperidine rings is 1. The van der Waals surface area contributed by atoms with Crippen LogP contribution in [0.3, 0.4) is 0 Å². The number of rotatable bonds is 6. The van der Waals surface area contributed by atoms with Crippen LogP contribution in [0.5, 0.6) is 5.75 Å². The van der Waals surface area contributed by atoms with Gasteiger partial charge in [0.2, 0.25) is 0 Å². The van der Waals surface area contributed by atoms with Gasteiger partial charge in [0.05, 0.1) is 0 Å². The SMILES string of the molecule is CCC(Oc1ccccc1C)C(=O)NCC1(C)CCNCC1.Cl. The summed E-state index contributed by atoms with van der Waals surface area (Å²) in [6.45, 7) is 9.01. The van der Waals surface area contributed by atoms with Gasteiger partial charge in [0, 0.05) is 6.54 Å². The Morgan fingerprint density at radius 3 is 2.61 bits per heavy atom. The summed E-state index contributed by atoms with van der Waals surface area (Å²) < 4.78 is 5.90. The Morgan fingerprint density at radius 1 is 1.35 bits per heavy atom. The number of nitrogens with one attached hydrogen (secondary N) is 2. The van der Waals surface area contributed by atoms with Crippen LogP contribution in [0.1, 0.15) is 38.7 Å². The van der Waals surface area contributed by atoms with E-state index in [1.807, 2.05) is 38.1 Å². The molecular weight excluding hydrogens is 312 g/mol. The van der Waals surface area contributed by atoms with E-state index < -0.39 is 6.10 Å². The molecule has 2 N–H and O–H groups in total. The molecule has 1 aromatic carbocycles. The molecule has 0 radical (unpaired) electrons. The zero-order chi connectivity index (χ0) is 16.0. The van der Waals surface area contributed by atoms with Gasteiger partial charge in [-0.25, -0.2) is 0 Å². The molecule has 0 saturated carbocycles. The van der Waals surface area contributed by atoms with E-state index in [1.54, 1.807) is 0 Å². The maximum absolute atomic E-state index is 12.4. The van der Waals surface area contributed by atoms with Crippen LogP contribution in [0.25, 0.3) is 0 Å². The topological polar surface area (TPSA) is 50.4 Å². The number of halogens is 1. The maximum Gasteiger partial charge on any atom is 0.261 e. The Balaban J connectivity index is 0.00000264. The predicted molar refractivity (Wildman–Crippen MR) is 96.4 cm³/mol. The second-order valence-electron chi connectivity index (χ2n) is 6.56. The Kier molecular flexibility index (Phi) is 7.86. The highest BCUT2D eigenvalue weighted by molar-refractivity contribution is 5.85. The monoisotopic (exact) mass is 340 g/mol. The van der Waals surface area contributed by atoms with Gasteiger partial charge in [0.1, 0.15) is 5.75 Å². The fourth-order valence-electron chi connectivity index (χ4n) is 2.79. The first kappa shape index (κ1) is 19.8. The first-order valence-corrected chi connectivity index (χ1v) is 8.25. The minimum absolute atomic E-state index is 0. The second-order valence-corrected chi connectivity index (χ2v) is 6.56. The van der Waals surface area contributed by atoms with E-state index in [0.717, 1.165) is 43.8 Å². The number of carbonyl (C=O) groups excluding carboxylic acids is 1. The first-order valence-electron chi connectivity index (χ1n) is 8.25. The number of hydrogen-bond acceptors (Lipinski definition) is 3. The Bertz CT molecular complexity index is 502. The largest absolute Gasteiger partial charge is 0.480 e. The smallest absolute Gasteiger partial charge is 0.261 e. The van der Waals surface area contributed by atoms with E-state index in [4.69, 9.17) is 4.74 Å². The molecule has 23 heavy (non-hydrogen) atoms. The molecule has 1 amide bonds. The molecule has 1 saturated heterocycles. The molecule has 1 aromatic rings. The van der Waals surface area contributed by atoms with Crippen molar-refractivity contribution in [3.8, 4) is 5.75 Å². The highest BCUT2D eigenvalue weighted by atomic mass is 35.5. The van der Waals surface area contributed by atoms with Crippen LogP contribution in [-0.4, -0.2) is 31.6 Å². The van der Waals surface area contributed by atoms with Gasteiger partial charge in [-0.15, -0.1) is 12.4 Å². The highest BCUT2D eigenvalue weighted by Crippen LogP contribution is 2.27. The van der Waals surface area contributed by atoms with Crippen LogP contribution in [0.4, 0.5) is 0 Å². The second kappa shape index (κ2) is 9.14. The van der Waals surface area contributed by atoms with Gasteiger partial charge in [-0.1, -0.05) is 32.0 Å². The van der Waals surface area contributed by atoms with Crippen LogP contribution in [0, 0.1) is 12.3 Å². The molecule has 1 unspecified atom stereocenters. The number of para-hydroxylation sites is 1. The number of carbonyl (C=O) groups is 1. The van der Waals surface area contributed by atoms with Gasteiger partial charge in [0.25, 0.3) is 5.91 Å². The number of hydrogen-bond donors (Lipinski definition) is 2. The van der Waals surface area contributed by atoms with Gasteiger partial charge in [-0.3, -0.25) is 4.79 Å². The average molecular weight is 341 g/mol. The van der Waals surface area contributed by atoms with E-state index in [9.17, 15) is 4.79 Å². The minimum atomic E-state index is -0.425. The Labute approximate surface area is 145 Å². The molecule has 1 aliphatic rings. The van der Waals surface area contributed by atoms with Crippen molar-refractivity contribution in [2.45, 2.75) is 46.1 Å². The third-order valence-electron chi connectivity index (χ3n) is 4.53. The molecule has 0 bridgehead atoms. The lowest BCUT2D eigenvalue weighted by Crippen LogP contribution is -2.46. The van der Waals surface area contributed by atoms with Crippen molar-refractivity contribution in [2.75, 3.05) is 19.6 Å². The summed E-state index contributed by atoms with van der Waals surface area (Å²) in [6, 6.07) is 7.82. The van der Waals surface area contributed by atoms with Gasteiger partial charge in [-0.05, 0) is 56.3 Å². The van der Waals surface area contributed by atoms with Gasteiger partial charge in [0.15, 0.2) is 6.10 Å². The van der Waals surface area contributed by atoms with Crippen molar-refractivity contribution in [3.63, 3.8) is 0 Å². The molecular formula is C18H29ClN2O2. The quantitative estimate of drug-likeness (QED) is 0.836. The third kappa shape index (κ3) is 5.70. The van der Waals surface area contributed by atoms with Crippen LogP contribution < -0.4 is 15.4 Å². The lowest BCUT2D eigenvalue weighted by atomic mass is 9.81. The molecule has 0 aromatic heterocycles. The number of aryl methyl sites for hydroxylation is 1. The number of benzene rings is 1. The molecule has 130 valence electrons. The molecule has 0 spiro atoms. The van der Waals surface area contributed by atoms with Crippen LogP contribution in [-0.2, 0) is 4.79 Å². The van der Waals surface area contributed by atoms with Gasteiger partial charge in [-0.2, -0.15) is 0 Å². The molecule has 1 aliphatic heterocycles. The Morgan fingerprint density at radius 2 is 2.00 bits per heavy atom. The molecule has 5 heteroatoms. The standard InChI is InChI=1S/C18H28N2O2.ClH/c1-4-15(22-16-8-6-5-7-14(16)2)17(21)20-13-18(3)9-11-19-12-10-18;/h5-8,15,19H,4,9-13H2,1-3H3,(H,20,21);1H. The highest BCUT2D eigenvalue weighted by Gasteiger charge is 2.28. The fraction of sp³-hybridized carbons (Fsp3) is 0.611. The first-order chi connectivity index (χ1) is 10.5. The number of ether oxygens (including phenoxy) is 1. The summed E-state index contributed by atoms with van der Waals surface area (Å²) in [4.78, 5) is 12.4. The summed E-state index contributed by atoms with van der Waals surface area (Å²) >= 11 is 0. The van der Waals surface area contributed by atoms with Gasteiger partial charge >= 0.3 is 0 Å². The molecule has 1 fully saturated rings. The van der Waals surface area contributed by atoms with Crippen molar-refractivity contribution in [1.29, 1.82) is 0 Å². The molecule has 0 aliphatic carbocycles. The number of amides is 1. The molecule has 2 rings (SSSR count). The zero-order valence-corrected chi connectivity index (χ0v) is 15.2. The predicted octanol–water partition coefficient (Wildman–Crippen LogP) is 3.08. The molecule has 1 heterocycles. The van der Waals surface area contributed by atoms with Crippen LogP contribution >= 0.6 is 12.4 Å². The lowest BCUT2D eigenvalue weighted by molar-refractivity contribution is -0.128. The van der Waals surface area contributed by atoms with E-state index in [-0.39, 0.29) is 23.7 Å². The normalized spacial score (nSPS) is 17.7. The lowest BCUT2D eigenvalue weighted by Gasteiger charge is -2.34. The van der Waals surface area contributed by atoms with E-state index in [0.29, 0.717) is 6.42 Å². The van der Waals surface area contributed by atoms with E-state index in [1.165, 1.54) is 0 Å². The third-order valence-corrected chi connectivity index (χ3v) is 4.53. The van der Waals surface area contributed by atoms with E-state index >= 15 is 0 Å². The van der Waals surface area contributed by atoms with Crippen molar-refractivity contribution in [2.24, 2.45) is 5.41 Å². The fourth-order valence-corrected chi connectivity index (χ4v) is 2.79. The van der Waals surface area contributed by atoms with Crippen LogP contribution in [0.2, 0.25) is 0 Å². The van der Waals surface area contributed by atoms with Gasteiger partial charge < -0.3 is 15.4 Å². The maximum atomic E-state index is 12.4. The molecule has 1 atom stereocenters. The van der Waals surface area contributed by atoms with Crippen molar-refractivity contribution >= 4 is 18.3 Å². The van der Waals surface area contributed by atoms with Crippen molar-refractivity contribution in [3.05, 3.63) is 29.8 Å². The van der Waals surface area contributed by atoms with Crippen LogP contribution in [0.15, 0.2) is 24.3 Å². The summed E-state index contributed by atoms with van der Waals surface area (Å²) in [5.41, 5.74) is 1.25. The Hall–Kier alpha value is -1.26. The summed E-state index contributed by atoms with van der Waals surface area (Å²) in [5, 5.41) is 6.45. The summed E-state index contributed by atoms with van der Waals surface area (Å²) in [5.74, 6) is 0.781. The average Bonchev–Trinajstić information content (AvgIpc) is 2.53. The summed E-state index contributed by atoms with van der Waals surface area (Å²) in [7, 11) is 0. The molecule has 4 nitrogen and oxygen atoms in total. The van der Waals surface area contributed by atoms with E-state index in [2.05, 4.69) is 17.6 Å². The van der Waals surface area contributed by atoms with Crippen molar-refractivity contribution < 1.29 is 9.53 Å².